The van der Waals surface area contributed by atoms with Gasteiger partial charge in [0.15, 0.2) is 11.2 Å². The van der Waals surface area contributed by atoms with Gasteiger partial charge in [0, 0.05) is 48.9 Å². The highest BCUT2D eigenvalue weighted by atomic mass is 35.5. The highest BCUT2D eigenvalue weighted by Crippen LogP contribution is 2.44. The number of ether oxygens (including phenoxy) is 1. The van der Waals surface area contributed by atoms with E-state index in [9.17, 15) is 4.79 Å². The molecule has 35 heavy (non-hydrogen) atoms. The van der Waals surface area contributed by atoms with Crippen LogP contribution in [0, 0.1) is 0 Å². The van der Waals surface area contributed by atoms with Gasteiger partial charge in [-0.25, -0.2) is 4.98 Å². The Balaban J connectivity index is 1.76. The molecule has 6 rings (SSSR count). The van der Waals surface area contributed by atoms with Crippen molar-refractivity contribution in [1.82, 2.24) is 19.5 Å². The van der Waals surface area contributed by atoms with Crippen molar-refractivity contribution in [2.75, 3.05) is 0 Å². The zero-order valence-corrected chi connectivity index (χ0v) is 19.5. The van der Waals surface area contributed by atoms with Gasteiger partial charge < -0.3 is 14.3 Å². The second kappa shape index (κ2) is 8.42. The summed E-state index contributed by atoms with van der Waals surface area (Å²) in [4.78, 5) is 25.6. The number of hydrogen-bond donors (Lipinski definition) is 1. The number of H-pyrrole nitrogens is 1. The van der Waals surface area contributed by atoms with Crippen molar-refractivity contribution in [3.05, 3.63) is 107 Å². The summed E-state index contributed by atoms with van der Waals surface area (Å²) >= 11 is 6.68. The summed E-state index contributed by atoms with van der Waals surface area (Å²) in [7, 11) is 1.91. The predicted octanol–water partition coefficient (Wildman–Crippen LogP) is 6.59. The Morgan fingerprint density at radius 3 is 2.66 bits per heavy atom. The molecule has 0 aliphatic heterocycles. The molecule has 170 valence electrons. The number of rotatable bonds is 4. The highest BCUT2D eigenvalue weighted by molar-refractivity contribution is 6.35. The summed E-state index contributed by atoms with van der Waals surface area (Å²) < 4.78 is 8.34. The lowest BCUT2D eigenvalue weighted by Crippen LogP contribution is -2.07. The summed E-state index contributed by atoms with van der Waals surface area (Å²) in [5.41, 5.74) is 3.97. The molecule has 0 radical (unpaired) electrons. The minimum atomic E-state index is -0.188. The number of aromatic amines is 1. The third kappa shape index (κ3) is 3.74. The standard InChI is InChI=1S/C28H19ClN4O2/c1-33-13-10-20(16-33)35-27-23(19-14-18-8-5-11-30-25(18)21(29)15-19)26(17-6-3-2-4-7-17)32-28-24(27)22(34)9-12-31-28/h2-16H,1H3,(H,31,32,34). The van der Waals surface area contributed by atoms with Crippen LogP contribution in [-0.2, 0) is 7.05 Å². The number of hydrogen-bond acceptors (Lipinski definition) is 4. The second-order valence-corrected chi connectivity index (χ2v) is 8.65. The molecule has 4 heterocycles. The van der Waals surface area contributed by atoms with Gasteiger partial charge in [0.05, 0.1) is 21.8 Å². The van der Waals surface area contributed by atoms with Gasteiger partial charge in [-0.3, -0.25) is 9.78 Å². The lowest BCUT2D eigenvalue weighted by Gasteiger charge is -2.18. The van der Waals surface area contributed by atoms with Crippen LogP contribution in [0.1, 0.15) is 0 Å². The summed E-state index contributed by atoms with van der Waals surface area (Å²) in [6, 6.07) is 20.8. The van der Waals surface area contributed by atoms with E-state index < -0.39 is 0 Å². The lowest BCUT2D eigenvalue weighted by atomic mass is 9.95. The molecule has 6 nitrogen and oxygen atoms in total. The Kier molecular flexibility index (Phi) is 5.08. The molecule has 0 spiro atoms. The Morgan fingerprint density at radius 1 is 1.00 bits per heavy atom. The number of nitrogens with one attached hydrogen (secondary N) is 1. The first-order valence-corrected chi connectivity index (χ1v) is 11.4. The summed E-state index contributed by atoms with van der Waals surface area (Å²) in [5, 5.41) is 1.75. The Hall–Kier alpha value is -4.42. The van der Waals surface area contributed by atoms with Gasteiger partial charge in [-0.1, -0.05) is 48.0 Å². The normalized spacial score (nSPS) is 11.3. The van der Waals surface area contributed by atoms with E-state index in [1.54, 1.807) is 12.4 Å². The van der Waals surface area contributed by atoms with Gasteiger partial charge in [-0.15, -0.1) is 0 Å². The highest BCUT2D eigenvalue weighted by Gasteiger charge is 2.23. The fourth-order valence-corrected chi connectivity index (χ4v) is 4.57. The van der Waals surface area contributed by atoms with Gasteiger partial charge in [-0.05, 0) is 29.8 Å². The van der Waals surface area contributed by atoms with Crippen LogP contribution in [0.4, 0.5) is 0 Å². The summed E-state index contributed by atoms with van der Waals surface area (Å²) in [5.74, 6) is 1.03. The third-order valence-electron chi connectivity index (χ3n) is 5.87. The molecule has 4 aromatic heterocycles. The first kappa shape index (κ1) is 21.1. The number of nitrogens with zero attached hydrogens (tertiary/aromatic N) is 3. The maximum absolute atomic E-state index is 13.1. The molecule has 0 aliphatic rings. The van der Waals surface area contributed by atoms with Gasteiger partial charge in [0.2, 0.25) is 0 Å². The molecule has 2 aromatic carbocycles. The number of fused-ring (bicyclic) bond motifs is 2. The maximum Gasteiger partial charge on any atom is 0.194 e. The SMILES string of the molecule is Cn1ccc(Oc2c(-c3cc(Cl)c4ncccc4c3)c(-c3ccccc3)nc3[nH]ccc(=O)c23)c1. The molecule has 0 fully saturated rings. The fourth-order valence-electron chi connectivity index (χ4n) is 4.30. The van der Waals surface area contributed by atoms with Crippen molar-refractivity contribution < 1.29 is 4.74 Å². The minimum Gasteiger partial charge on any atom is -0.454 e. The first-order valence-electron chi connectivity index (χ1n) is 11.0. The number of aromatic nitrogens is 4. The van der Waals surface area contributed by atoms with Crippen molar-refractivity contribution in [2.24, 2.45) is 7.05 Å². The molecule has 6 aromatic rings. The van der Waals surface area contributed by atoms with Crippen LogP contribution in [0.5, 0.6) is 11.5 Å². The smallest absolute Gasteiger partial charge is 0.194 e. The van der Waals surface area contributed by atoms with E-state index >= 15 is 0 Å². The van der Waals surface area contributed by atoms with Crippen LogP contribution in [-0.4, -0.2) is 19.5 Å². The van der Waals surface area contributed by atoms with E-state index in [1.165, 1.54) is 6.07 Å². The molecule has 0 unspecified atom stereocenters. The van der Waals surface area contributed by atoms with E-state index in [0.29, 0.717) is 44.3 Å². The van der Waals surface area contributed by atoms with Gasteiger partial charge >= 0.3 is 0 Å². The quantitative estimate of drug-likeness (QED) is 0.310. The zero-order valence-electron chi connectivity index (χ0n) is 18.7. The third-order valence-corrected chi connectivity index (χ3v) is 6.16. The molecule has 0 saturated carbocycles. The topological polar surface area (TPSA) is 72.8 Å². The zero-order chi connectivity index (χ0) is 23.9. The monoisotopic (exact) mass is 478 g/mol. The maximum atomic E-state index is 13.1. The molecular formula is C28H19ClN4O2. The molecule has 0 aliphatic carbocycles. The van der Waals surface area contributed by atoms with Crippen LogP contribution in [0.2, 0.25) is 5.02 Å². The molecule has 0 saturated heterocycles. The molecule has 1 N–H and O–H groups in total. The van der Waals surface area contributed by atoms with Crippen molar-refractivity contribution in [2.45, 2.75) is 0 Å². The average molecular weight is 479 g/mol. The first-order chi connectivity index (χ1) is 17.1. The number of aryl methyl sites for hydroxylation is 1. The van der Waals surface area contributed by atoms with Gasteiger partial charge in [0.25, 0.3) is 0 Å². The van der Waals surface area contributed by atoms with E-state index in [0.717, 1.165) is 16.5 Å². The van der Waals surface area contributed by atoms with E-state index in [1.807, 2.05) is 84.7 Å². The lowest BCUT2D eigenvalue weighted by molar-refractivity contribution is 0.489. The number of halogens is 1. The van der Waals surface area contributed by atoms with Gasteiger partial charge in [0.1, 0.15) is 16.8 Å². The van der Waals surface area contributed by atoms with Gasteiger partial charge in [-0.2, -0.15) is 0 Å². The molecule has 0 atom stereocenters. The van der Waals surface area contributed by atoms with Crippen molar-refractivity contribution in [3.8, 4) is 33.9 Å². The molecule has 0 amide bonds. The van der Waals surface area contributed by atoms with Crippen LogP contribution in [0.3, 0.4) is 0 Å². The summed E-state index contributed by atoms with van der Waals surface area (Å²) in [6.45, 7) is 0. The molecule has 7 heteroatoms. The number of benzene rings is 2. The van der Waals surface area contributed by atoms with Crippen LogP contribution in [0.15, 0.2) is 96.3 Å². The molecule has 0 bridgehead atoms. The second-order valence-electron chi connectivity index (χ2n) is 8.24. The Morgan fingerprint density at radius 2 is 1.86 bits per heavy atom. The van der Waals surface area contributed by atoms with Crippen molar-refractivity contribution in [3.63, 3.8) is 0 Å². The minimum absolute atomic E-state index is 0.188. The van der Waals surface area contributed by atoms with Crippen LogP contribution in [0.25, 0.3) is 44.3 Å². The van der Waals surface area contributed by atoms with E-state index in [4.69, 9.17) is 21.3 Å². The van der Waals surface area contributed by atoms with E-state index in [2.05, 4.69) is 9.97 Å². The average Bonchev–Trinajstić information content (AvgIpc) is 3.28. The van der Waals surface area contributed by atoms with Crippen molar-refractivity contribution in [1.29, 1.82) is 0 Å². The molecular weight excluding hydrogens is 460 g/mol. The Labute approximate surface area is 205 Å². The van der Waals surface area contributed by atoms with Crippen LogP contribution >= 0.6 is 11.6 Å². The largest absolute Gasteiger partial charge is 0.454 e. The predicted molar refractivity (Wildman–Crippen MR) is 139 cm³/mol. The summed E-state index contributed by atoms with van der Waals surface area (Å²) in [6.07, 6.45) is 7.05. The van der Waals surface area contributed by atoms with Crippen LogP contribution < -0.4 is 10.2 Å². The van der Waals surface area contributed by atoms with E-state index in [-0.39, 0.29) is 5.43 Å². The van der Waals surface area contributed by atoms with Crippen molar-refractivity contribution >= 4 is 33.5 Å². The Bertz CT molecular complexity index is 1770. The fraction of sp³-hybridized carbons (Fsp3) is 0.0357. The number of pyridine rings is 3.